The Balaban J connectivity index is 4.02. The molecule has 0 aliphatic rings. The van der Waals surface area contributed by atoms with Gasteiger partial charge in [0.2, 0.25) is 0 Å². The van der Waals surface area contributed by atoms with Gasteiger partial charge in [0.15, 0.2) is 0 Å². The van der Waals surface area contributed by atoms with Crippen molar-refractivity contribution in [1.29, 1.82) is 0 Å². The molecule has 0 amide bonds. The molecule has 0 heterocycles. The van der Waals surface area contributed by atoms with Gasteiger partial charge in [-0.25, -0.2) is 0 Å². The summed E-state index contributed by atoms with van der Waals surface area (Å²) in [6.45, 7) is 10.3. The van der Waals surface area contributed by atoms with Crippen LogP contribution in [0.25, 0.3) is 0 Å². The molecule has 122 valence electrons. The normalized spacial score (nSPS) is 14.7. The number of hydrogen-bond donors (Lipinski definition) is 1. The van der Waals surface area contributed by atoms with Gasteiger partial charge < -0.3 is 5.11 Å². The van der Waals surface area contributed by atoms with Gasteiger partial charge in [-0.1, -0.05) is 65.2 Å². The molecule has 0 aliphatic carbocycles. The first-order chi connectivity index (χ1) is 9.67. The van der Waals surface area contributed by atoms with Crippen LogP contribution in [0.15, 0.2) is 0 Å². The van der Waals surface area contributed by atoms with E-state index >= 15 is 0 Å². The van der Waals surface area contributed by atoms with Gasteiger partial charge in [0.1, 0.15) is 0 Å². The van der Waals surface area contributed by atoms with Crippen molar-refractivity contribution < 1.29 is 5.11 Å². The van der Waals surface area contributed by atoms with Crippen LogP contribution in [0.1, 0.15) is 91.9 Å². The zero-order valence-electron chi connectivity index (χ0n) is 14.5. The van der Waals surface area contributed by atoms with Crippen LogP contribution in [0, 0.1) is 0 Å². The zero-order chi connectivity index (χ0) is 15.2. The molecule has 0 spiro atoms. The monoisotopic (exact) mass is 285 g/mol. The average Bonchev–Trinajstić information content (AvgIpc) is 2.45. The summed E-state index contributed by atoms with van der Waals surface area (Å²) in [4.78, 5) is 2.53. The summed E-state index contributed by atoms with van der Waals surface area (Å²) < 4.78 is 0. The lowest BCUT2D eigenvalue weighted by Gasteiger charge is -2.34. The topological polar surface area (TPSA) is 23.5 Å². The lowest BCUT2D eigenvalue weighted by Crippen LogP contribution is -2.42. The summed E-state index contributed by atoms with van der Waals surface area (Å²) in [6.07, 6.45) is 13.3. The molecule has 20 heavy (non-hydrogen) atoms. The van der Waals surface area contributed by atoms with Crippen LogP contribution < -0.4 is 0 Å². The fourth-order valence-electron chi connectivity index (χ4n) is 3.06. The summed E-state index contributed by atoms with van der Waals surface area (Å²) in [5.41, 5.74) is 0. The summed E-state index contributed by atoms with van der Waals surface area (Å²) >= 11 is 0. The Kier molecular flexibility index (Phi) is 13.8. The van der Waals surface area contributed by atoms with Gasteiger partial charge in [-0.3, -0.25) is 4.90 Å². The summed E-state index contributed by atoms with van der Waals surface area (Å²) in [7, 11) is 0. The smallest absolute Gasteiger partial charge is 0.0558 e. The molecular formula is C18H39NO. The average molecular weight is 286 g/mol. The van der Waals surface area contributed by atoms with Gasteiger partial charge in [-0.15, -0.1) is 0 Å². The van der Waals surface area contributed by atoms with Crippen molar-refractivity contribution >= 4 is 0 Å². The first-order valence-corrected chi connectivity index (χ1v) is 9.03. The zero-order valence-corrected chi connectivity index (χ0v) is 14.5. The molecule has 0 bridgehead atoms. The van der Waals surface area contributed by atoms with Gasteiger partial charge in [-0.05, 0) is 26.7 Å². The van der Waals surface area contributed by atoms with E-state index in [9.17, 15) is 5.11 Å². The molecule has 0 saturated carbocycles. The van der Waals surface area contributed by atoms with Crippen molar-refractivity contribution in [3.05, 3.63) is 0 Å². The minimum absolute atomic E-state index is 0.290. The lowest BCUT2D eigenvalue weighted by atomic mass is 10.0. The lowest BCUT2D eigenvalue weighted by molar-refractivity contribution is 0.105. The van der Waals surface area contributed by atoms with Crippen molar-refractivity contribution in [3.63, 3.8) is 0 Å². The molecule has 0 aliphatic heterocycles. The Morgan fingerprint density at radius 2 is 1.20 bits per heavy atom. The Hall–Kier alpha value is -0.0800. The van der Waals surface area contributed by atoms with Gasteiger partial charge in [0.25, 0.3) is 0 Å². The maximum Gasteiger partial charge on any atom is 0.0558 e. The molecule has 2 atom stereocenters. The van der Waals surface area contributed by atoms with Gasteiger partial charge >= 0.3 is 0 Å². The highest BCUT2D eigenvalue weighted by Gasteiger charge is 2.18. The van der Waals surface area contributed by atoms with E-state index in [2.05, 4.69) is 32.6 Å². The van der Waals surface area contributed by atoms with E-state index in [1.165, 1.54) is 64.2 Å². The standard InChI is InChI=1S/C18H39NO/c1-5-7-9-11-13-17(3)19(15-16-20)18(4)14-12-10-8-6-2/h17-18,20H,5-16H2,1-4H3. The minimum Gasteiger partial charge on any atom is -0.395 e. The first kappa shape index (κ1) is 19.9. The SMILES string of the molecule is CCCCCCC(C)N(CCO)C(C)CCCCCC. The predicted octanol–water partition coefficient (Wildman–Crippen LogP) is 5.00. The van der Waals surface area contributed by atoms with Crippen LogP contribution in [0.3, 0.4) is 0 Å². The van der Waals surface area contributed by atoms with Crippen molar-refractivity contribution in [2.24, 2.45) is 0 Å². The Morgan fingerprint density at radius 3 is 1.55 bits per heavy atom. The molecule has 2 nitrogen and oxygen atoms in total. The summed E-state index contributed by atoms with van der Waals surface area (Å²) in [6, 6.07) is 1.22. The third-order valence-corrected chi connectivity index (χ3v) is 4.44. The molecule has 0 aromatic rings. The molecule has 2 unspecified atom stereocenters. The van der Waals surface area contributed by atoms with Crippen molar-refractivity contribution in [3.8, 4) is 0 Å². The molecule has 2 heteroatoms. The Bertz CT molecular complexity index is 178. The van der Waals surface area contributed by atoms with Crippen LogP contribution in [0.2, 0.25) is 0 Å². The number of aliphatic hydroxyl groups excluding tert-OH is 1. The molecule has 0 radical (unpaired) electrons. The molecule has 0 aromatic heterocycles. The third-order valence-electron chi connectivity index (χ3n) is 4.44. The van der Waals surface area contributed by atoms with E-state index in [0.717, 1.165) is 6.54 Å². The fourth-order valence-corrected chi connectivity index (χ4v) is 3.06. The molecule has 0 aromatic carbocycles. The molecule has 0 saturated heterocycles. The number of aliphatic hydroxyl groups is 1. The minimum atomic E-state index is 0.290. The number of rotatable bonds is 14. The number of hydrogen-bond acceptors (Lipinski definition) is 2. The van der Waals surface area contributed by atoms with E-state index in [1.54, 1.807) is 0 Å². The van der Waals surface area contributed by atoms with E-state index in [1.807, 2.05) is 0 Å². The second-order valence-corrected chi connectivity index (χ2v) is 6.36. The third kappa shape index (κ3) is 9.77. The highest BCUT2D eigenvalue weighted by molar-refractivity contribution is 4.74. The quantitative estimate of drug-likeness (QED) is 0.454. The molecular weight excluding hydrogens is 246 g/mol. The fraction of sp³-hybridized carbons (Fsp3) is 1.00. The number of unbranched alkanes of at least 4 members (excludes halogenated alkanes) is 6. The second-order valence-electron chi connectivity index (χ2n) is 6.36. The van der Waals surface area contributed by atoms with E-state index in [4.69, 9.17) is 0 Å². The van der Waals surface area contributed by atoms with Crippen molar-refractivity contribution in [1.82, 2.24) is 4.90 Å². The van der Waals surface area contributed by atoms with Gasteiger partial charge in [0.05, 0.1) is 6.61 Å². The Morgan fingerprint density at radius 1 is 0.750 bits per heavy atom. The van der Waals surface area contributed by atoms with Crippen LogP contribution in [-0.2, 0) is 0 Å². The molecule has 1 N–H and O–H groups in total. The van der Waals surface area contributed by atoms with Crippen LogP contribution in [-0.4, -0.2) is 35.2 Å². The Labute approximate surface area is 127 Å². The maximum atomic E-state index is 9.31. The summed E-state index contributed by atoms with van der Waals surface area (Å²) in [5, 5.41) is 9.31. The highest BCUT2D eigenvalue weighted by atomic mass is 16.3. The number of nitrogens with zero attached hydrogens (tertiary/aromatic N) is 1. The summed E-state index contributed by atoms with van der Waals surface area (Å²) in [5.74, 6) is 0. The van der Waals surface area contributed by atoms with E-state index < -0.39 is 0 Å². The van der Waals surface area contributed by atoms with Gasteiger partial charge in [-0.2, -0.15) is 0 Å². The van der Waals surface area contributed by atoms with Crippen LogP contribution in [0.5, 0.6) is 0 Å². The van der Waals surface area contributed by atoms with Crippen LogP contribution in [0.4, 0.5) is 0 Å². The van der Waals surface area contributed by atoms with E-state index in [-0.39, 0.29) is 0 Å². The molecule has 0 fully saturated rings. The van der Waals surface area contributed by atoms with E-state index in [0.29, 0.717) is 18.7 Å². The maximum absolute atomic E-state index is 9.31. The highest BCUT2D eigenvalue weighted by Crippen LogP contribution is 2.17. The second kappa shape index (κ2) is 13.9. The largest absolute Gasteiger partial charge is 0.395 e. The predicted molar refractivity (Wildman–Crippen MR) is 90.2 cm³/mol. The van der Waals surface area contributed by atoms with Gasteiger partial charge in [0, 0.05) is 18.6 Å². The molecule has 0 rings (SSSR count). The van der Waals surface area contributed by atoms with Crippen molar-refractivity contribution in [2.45, 2.75) is 104 Å². The van der Waals surface area contributed by atoms with Crippen LogP contribution >= 0.6 is 0 Å². The van der Waals surface area contributed by atoms with Crippen molar-refractivity contribution in [2.75, 3.05) is 13.2 Å². The first-order valence-electron chi connectivity index (χ1n) is 9.03.